The summed E-state index contributed by atoms with van der Waals surface area (Å²) in [5.74, 6) is -2.14. The quantitative estimate of drug-likeness (QED) is 0.118. The highest BCUT2D eigenvalue weighted by Gasteiger charge is 2.48. The largest absolute Gasteiger partial charge is 0.508 e. The summed E-state index contributed by atoms with van der Waals surface area (Å²) in [6, 6.07) is 8.43. The lowest BCUT2D eigenvalue weighted by molar-refractivity contribution is -0.301. The van der Waals surface area contributed by atoms with Crippen LogP contribution in [0.2, 0.25) is 0 Å². The molecule has 0 saturated carbocycles. The maximum absolute atomic E-state index is 12.8. The average molecular weight is 599 g/mol. The smallest absolute Gasteiger partial charge is 0.229 e. The number of ether oxygens (including phenoxy) is 4. The van der Waals surface area contributed by atoms with Crippen molar-refractivity contribution in [2.45, 2.75) is 74.9 Å². The van der Waals surface area contributed by atoms with Crippen LogP contribution in [-0.4, -0.2) is 127 Å². The third-order valence-electron chi connectivity index (χ3n) is 6.97. The van der Waals surface area contributed by atoms with Crippen LogP contribution in [0.25, 0.3) is 0 Å². The van der Waals surface area contributed by atoms with Crippen LogP contribution in [0.3, 0.4) is 0 Å². The minimum absolute atomic E-state index is 0.00253. The predicted molar refractivity (Wildman–Crippen MR) is 143 cm³/mol. The Kier molecular flexibility index (Phi) is 11.9. The lowest BCUT2D eigenvalue weighted by Gasteiger charge is -2.43. The molecule has 14 heteroatoms. The average Bonchev–Trinajstić information content (AvgIpc) is 2.95. The van der Waals surface area contributed by atoms with Gasteiger partial charge in [0.05, 0.1) is 19.3 Å². The zero-order valence-electron chi connectivity index (χ0n) is 23.1. The molecule has 0 spiro atoms. The number of methoxy groups -OCH3 is 1. The summed E-state index contributed by atoms with van der Waals surface area (Å²) in [5, 5.41) is 92.3. The number of hydrogen-bond donors (Lipinski definition) is 9. The third kappa shape index (κ3) is 7.86. The summed E-state index contributed by atoms with van der Waals surface area (Å²) in [6.07, 6.45) is -14.0. The number of carbonyl (C=O) groups is 1. The van der Waals surface area contributed by atoms with E-state index in [1.54, 1.807) is 18.2 Å². The molecule has 1 fully saturated rings. The van der Waals surface area contributed by atoms with E-state index >= 15 is 0 Å². The molecular weight excluding hydrogens is 560 g/mol. The topological polar surface area (TPSA) is 236 Å². The SMILES string of the molecule is COCC(O)C(O)C(O)C(C)OC1C(Oc2cc(O)c(C(=O)CCc3ccccc3O)c(O)c2)OC(CO)C(O)C1O. The van der Waals surface area contributed by atoms with Crippen LogP contribution >= 0.6 is 0 Å². The normalized spacial score (nSPS) is 25.4. The van der Waals surface area contributed by atoms with Gasteiger partial charge in [-0.2, -0.15) is 0 Å². The maximum atomic E-state index is 12.8. The van der Waals surface area contributed by atoms with Gasteiger partial charge in [-0.05, 0) is 25.0 Å². The molecule has 3 rings (SSSR count). The molecule has 2 aromatic carbocycles. The van der Waals surface area contributed by atoms with Gasteiger partial charge in [-0.3, -0.25) is 4.79 Å². The minimum Gasteiger partial charge on any atom is -0.508 e. The molecule has 9 N–H and O–H groups in total. The van der Waals surface area contributed by atoms with Crippen molar-refractivity contribution in [3.63, 3.8) is 0 Å². The molecule has 2 aromatic rings. The van der Waals surface area contributed by atoms with Crippen molar-refractivity contribution in [1.82, 2.24) is 0 Å². The van der Waals surface area contributed by atoms with E-state index in [0.717, 1.165) is 12.1 Å². The van der Waals surface area contributed by atoms with Gasteiger partial charge < -0.3 is 64.9 Å². The van der Waals surface area contributed by atoms with Crippen LogP contribution in [0.15, 0.2) is 36.4 Å². The van der Waals surface area contributed by atoms with E-state index in [1.165, 1.54) is 20.1 Å². The summed E-state index contributed by atoms with van der Waals surface area (Å²) in [4.78, 5) is 12.8. The molecule has 1 aliphatic heterocycles. The number of para-hydroxylation sites is 1. The lowest BCUT2D eigenvalue weighted by atomic mass is 9.98. The first kappa shape index (κ1) is 33.5. The molecular formula is C28H38O14. The van der Waals surface area contributed by atoms with E-state index in [2.05, 4.69) is 0 Å². The lowest BCUT2D eigenvalue weighted by Crippen LogP contribution is -2.62. The standard InChI is InChI=1S/C28H38O14/c1-13(23(35)24(36)20(34)12-39-2)40-27-26(38)25(37)21(11-29)42-28(27)41-15-9-18(32)22(19(33)10-15)17(31)8-7-14-5-3-4-6-16(14)30/h3-6,9-10,13,20-21,23-30,32-38H,7-8,11-12H2,1-2H3. The van der Waals surface area contributed by atoms with E-state index in [0.29, 0.717) is 5.56 Å². The van der Waals surface area contributed by atoms with Gasteiger partial charge in [-0.25, -0.2) is 0 Å². The van der Waals surface area contributed by atoms with Gasteiger partial charge in [-0.15, -0.1) is 0 Å². The maximum Gasteiger partial charge on any atom is 0.229 e. The zero-order chi connectivity index (χ0) is 31.1. The van der Waals surface area contributed by atoms with Gasteiger partial charge in [0.25, 0.3) is 0 Å². The highest BCUT2D eigenvalue weighted by molar-refractivity contribution is 6.01. The van der Waals surface area contributed by atoms with Gasteiger partial charge in [0.2, 0.25) is 6.29 Å². The molecule has 9 atom stereocenters. The fraction of sp³-hybridized carbons (Fsp3) is 0.536. The van der Waals surface area contributed by atoms with Crippen molar-refractivity contribution in [1.29, 1.82) is 0 Å². The van der Waals surface area contributed by atoms with Crippen molar-refractivity contribution in [3.8, 4) is 23.0 Å². The van der Waals surface area contributed by atoms with E-state index in [9.17, 15) is 50.8 Å². The van der Waals surface area contributed by atoms with E-state index in [4.69, 9.17) is 18.9 Å². The van der Waals surface area contributed by atoms with Crippen molar-refractivity contribution < 1.29 is 69.7 Å². The molecule has 1 heterocycles. The number of benzene rings is 2. The molecule has 0 bridgehead atoms. The third-order valence-corrected chi connectivity index (χ3v) is 6.97. The molecule has 42 heavy (non-hydrogen) atoms. The summed E-state index contributed by atoms with van der Waals surface area (Å²) < 4.78 is 21.6. The number of rotatable bonds is 14. The van der Waals surface area contributed by atoms with Gasteiger partial charge >= 0.3 is 0 Å². The van der Waals surface area contributed by atoms with Crippen molar-refractivity contribution in [2.75, 3.05) is 20.3 Å². The highest BCUT2D eigenvalue weighted by atomic mass is 16.7. The Morgan fingerprint density at radius 3 is 2.21 bits per heavy atom. The molecule has 0 aliphatic carbocycles. The highest BCUT2D eigenvalue weighted by Crippen LogP contribution is 2.36. The Balaban J connectivity index is 1.78. The number of carbonyl (C=O) groups excluding carboxylic acids is 1. The number of phenolic OH excluding ortho intramolecular Hbond substituents is 3. The monoisotopic (exact) mass is 598 g/mol. The van der Waals surface area contributed by atoms with Gasteiger partial charge in [0.1, 0.15) is 71.3 Å². The Bertz CT molecular complexity index is 1150. The molecule has 9 unspecified atom stereocenters. The predicted octanol–water partition coefficient (Wildman–Crippen LogP) is -1.06. The fourth-order valence-electron chi connectivity index (χ4n) is 4.57. The second kappa shape index (κ2) is 14.9. The van der Waals surface area contributed by atoms with Crippen LogP contribution in [0.4, 0.5) is 0 Å². The van der Waals surface area contributed by atoms with E-state index in [1.807, 2.05) is 0 Å². The van der Waals surface area contributed by atoms with E-state index in [-0.39, 0.29) is 36.5 Å². The Hall–Kier alpha value is -3.05. The van der Waals surface area contributed by atoms with Crippen molar-refractivity contribution in [2.24, 2.45) is 0 Å². The Morgan fingerprint density at radius 1 is 0.976 bits per heavy atom. The molecule has 1 aliphatic rings. The summed E-state index contributed by atoms with van der Waals surface area (Å²) in [6.45, 7) is 0.295. The second-order valence-electron chi connectivity index (χ2n) is 10.0. The van der Waals surface area contributed by atoms with Crippen LogP contribution in [0.1, 0.15) is 29.3 Å². The molecule has 0 radical (unpaired) electrons. The second-order valence-corrected chi connectivity index (χ2v) is 10.0. The van der Waals surface area contributed by atoms with Gasteiger partial charge in [0, 0.05) is 25.7 Å². The van der Waals surface area contributed by atoms with Crippen LogP contribution in [0, 0.1) is 0 Å². The van der Waals surface area contributed by atoms with E-state index < -0.39 is 79.0 Å². The number of aromatic hydroxyl groups is 3. The molecule has 14 nitrogen and oxygen atoms in total. The van der Waals surface area contributed by atoms with Gasteiger partial charge in [0.15, 0.2) is 5.78 Å². The molecule has 1 saturated heterocycles. The van der Waals surface area contributed by atoms with Crippen LogP contribution in [0.5, 0.6) is 23.0 Å². The number of phenols is 3. The number of hydrogen-bond acceptors (Lipinski definition) is 14. The van der Waals surface area contributed by atoms with Crippen LogP contribution < -0.4 is 4.74 Å². The summed E-state index contributed by atoms with van der Waals surface area (Å²) in [5.41, 5.74) is 0.115. The van der Waals surface area contributed by atoms with Gasteiger partial charge in [-0.1, -0.05) is 18.2 Å². The number of aryl methyl sites for hydroxylation is 1. The van der Waals surface area contributed by atoms with Crippen molar-refractivity contribution >= 4 is 5.78 Å². The van der Waals surface area contributed by atoms with Crippen molar-refractivity contribution in [3.05, 3.63) is 47.5 Å². The summed E-state index contributed by atoms with van der Waals surface area (Å²) in [7, 11) is 1.29. The first-order chi connectivity index (χ1) is 19.9. The summed E-state index contributed by atoms with van der Waals surface area (Å²) >= 11 is 0. The molecule has 0 aromatic heterocycles. The number of aliphatic hydroxyl groups is 6. The fourth-order valence-corrected chi connectivity index (χ4v) is 4.57. The van der Waals surface area contributed by atoms with Crippen LogP contribution in [-0.2, 0) is 20.6 Å². The Morgan fingerprint density at radius 2 is 1.62 bits per heavy atom. The first-order valence-electron chi connectivity index (χ1n) is 13.2. The minimum atomic E-state index is -1.74. The molecule has 234 valence electrons. The zero-order valence-corrected chi connectivity index (χ0v) is 23.1. The number of aliphatic hydroxyl groups excluding tert-OH is 6. The first-order valence-corrected chi connectivity index (χ1v) is 13.2. The number of Topliss-reactive ketones (excluding diaryl/α,β-unsaturated/α-hetero) is 1. The molecule has 0 amide bonds. The number of ketones is 1. The Labute approximate surface area is 241 Å².